The molecular weight excluding hydrogens is 240 g/mol. The Morgan fingerprint density at radius 1 is 1.42 bits per heavy atom. The summed E-state index contributed by atoms with van der Waals surface area (Å²) in [4.78, 5) is 0. The van der Waals surface area contributed by atoms with Gasteiger partial charge in [0.1, 0.15) is 5.75 Å². The van der Waals surface area contributed by atoms with Crippen LogP contribution in [0.25, 0.3) is 0 Å². The lowest BCUT2D eigenvalue weighted by atomic mass is 9.93. The zero-order chi connectivity index (χ0) is 13.8. The van der Waals surface area contributed by atoms with Crippen LogP contribution in [0, 0.1) is 0 Å². The largest absolute Gasteiger partial charge is 0.496 e. The number of ether oxygens (including phenoxy) is 2. The summed E-state index contributed by atoms with van der Waals surface area (Å²) in [7, 11) is 1.69. The van der Waals surface area contributed by atoms with Crippen molar-refractivity contribution in [2.75, 3.05) is 26.9 Å². The zero-order valence-electron chi connectivity index (χ0n) is 12.0. The van der Waals surface area contributed by atoms with Crippen LogP contribution in [0.2, 0.25) is 0 Å². The van der Waals surface area contributed by atoms with Crippen LogP contribution in [0.4, 0.5) is 0 Å². The quantitative estimate of drug-likeness (QED) is 0.871. The number of nitrogens with two attached hydrogens (primary N) is 1. The van der Waals surface area contributed by atoms with Crippen molar-refractivity contribution in [3.8, 4) is 5.75 Å². The van der Waals surface area contributed by atoms with E-state index in [1.54, 1.807) is 7.11 Å². The molecule has 2 atom stereocenters. The van der Waals surface area contributed by atoms with Gasteiger partial charge < -0.3 is 20.5 Å². The molecule has 1 aliphatic heterocycles. The van der Waals surface area contributed by atoms with E-state index in [0.717, 1.165) is 24.5 Å². The van der Waals surface area contributed by atoms with Gasteiger partial charge in [0.05, 0.1) is 26.4 Å². The fraction of sp³-hybridized carbons (Fsp3) is 0.600. The lowest BCUT2D eigenvalue weighted by Crippen LogP contribution is -2.47. The molecule has 0 aromatic heterocycles. The predicted molar refractivity (Wildman–Crippen MR) is 76.6 cm³/mol. The van der Waals surface area contributed by atoms with E-state index in [4.69, 9.17) is 15.2 Å². The van der Waals surface area contributed by atoms with Crippen LogP contribution in [0.3, 0.4) is 0 Å². The number of hydrogen-bond donors (Lipinski definition) is 2. The molecule has 0 amide bonds. The maximum Gasteiger partial charge on any atom is 0.123 e. The minimum atomic E-state index is -0.117. The smallest absolute Gasteiger partial charge is 0.123 e. The third-order valence-electron chi connectivity index (χ3n) is 3.66. The molecule has 1 fully saturated rings. The summed E-state index contributed by atoms with van der Waals surface area (Å²) >= 11 is 0. The summed E-state index contributed by atoms with van der Waals surface area (Å²) in [6.07, 6.45) is 0. The Balaban J connectivity index is 2.27. The minimum Gasteiger partial charge on any atom is -0.496 e. The molecule has 0 spiro atoms. The van der Waals surface area contributed by atoms with E-state index in [0.29, 0.717) is 12.5 Å². The number of nitrogens with one attached hydrogen (secondary N) is 1. The first-order valence-electron chi connectivity index (χ1n) is 6.88. The van der Waals surface area contributed by atoms with Crippen LogP contribution in [0.15, 0.2) is 18.2 Å². The van der Waals surface area contributed by atoms with Crippen LogP contribution in [0.5, 0.6) is 5.75 Å². The summed E-state index contributed by atoms with van der Waals surface area (Å²) in [5.74, 6) is 1.33. The Bertz CT molecular complexity index is 415. The molecule has 1 heterocycles. The molecule has 0 aliphatic carbocycles. The van der Waals surface area contributed by atoms with Crippen molar-refractivity contribution in [3.05, 3.63) is 29.3 Å². The van der Waals surface area contributed by atoms with Crippen LogP contribution < -0.4 is 15.8 Å². The van der Waals surface area contributed by atoms with Crippen molar-refractivity contribution in [2.24, 2.45) is 5.73 Å². The maximum atomic E-state index is 6.39. The fourth-order valence-electron chi connectivity index (χ4n) is 2.41. The van der Waals surface area contributed by atoms with Gasteiger partial charge in [-0.05, 0) is 17.5 Å². The average molecular weight is 264 g/mol. The van der Waals surface area contributed by atoms with E-state index in [9.17, 15) is 0 Å². The standard InChI is InChI=1S/C15H24N2O2/c1-10(2)11-4-5-14(18-3)12(8-11)15(16)13-9-19-7-6-17-13/h4-5,8,10,13,15,17H,6-7,9,16H2,1-3H3. The molecular formula is C15H24N2O2. The van der Waals surface area contributed by atoms with E-state index in [1.165, 1.54) is 5.56 Å². The second-order valence-corrected chi connectivity index (χ2v) is 5.32. The number of methoxy groups -OCH3 is 1. The molecule has 4 heteroatoms. The molecule has 1 aliphatic rings. The normalized spacial score (nSPS) is 21.4. The first-order chi connectivity index (χ1) is 9.13. The van der Waals surface area contributed by atoms with E-state index >= 15 is 0 Å². The van der Waals surface area contributed by atoms with Crippen molar-refractivity contribution in [2.45, 2.75) is 31.8 Å². The number of hydrogen-bond acceptors (Lipinski definition) is 4. The van der Waals surface area contributed by atoms with Gasteiger partial charge in [0.15, 0.2) is 0 Å². The summed E-state index contributed by atoms with van der Waals surface area (Å²) in [5, 5.41) is 3.41. The Morgan fingerprint density at radius 3 is 2.79 bits per heavy atom. The van der Waals surface area contributed by atoms with Gasteiger partial charge in [-0.3, -0.25) is 0 Å². The van der Waals surface area contributed by atoms with Gasteiger partial charge in [-0.2, -0.15) is 0 Å². The third kappa shape index (κ3) is 3.26. The maximum absolute atomic E-state index is 6.39. The zero-order valence-corrected chi connectivity index (χ0v) is 12.0. The second kappa shape index (κ2) is 6.37. The Kier molecular flexibility index (Phi) is 4.80. The number of benzene rings is 1. The highest BCUT2D eigenvalue weighted by Crippen LogP contribution is 2.30. The summed E-state index contributed by atoms with van der Waals surface area (Å²) in [6, 6.07) is 6.29. The van der Waals surface area contributed by atoms with E-state index < -0.39 is 0 Å². The first kappa shape index (κ1) is 14.3. The number of rotatable bonds is 4. The van der Waals surface area contributed by atoms with Crippen LogP contribution >= 0.6 is 0 Å². The van der Waals surface area contributed by atoms with Gasteiger partial charge in [-0.1, -0.05) is 26.0 Å². The lowest BCUT2D eigenvalue weighted by Gasteiger charge is -2.30. The van der Waals surface area contributed by atoms with Crippen molar-refractivity contribution in [1.29, 1.82) is 0 Å². The molecule has 2 rings (SSSR count). The van der Waals surface area contributed by atoms with Crippen molar-refractivity contribution in [1.82, 2.24) is 5.32 Å². The van der Waals surface area contributed by atoms with Gasteiger partial charge in [0.2, 0.25) is 0 Å². The highest BCUT2D eigenvalue weighted by atomic mass is 16.5. The molecule has 106 valence electrons. The molecule has 3 N–H and O–H groups in total. The topological polar surface area (TPSA) is 56.5 Å². The van der Waals surface area contributed by atoms with E-state index in [1.807, 2.05) is 6.07 Å². The molecule has 1 aromatic rings. The van der Waals surface area contributed by atoms with Crippen LogP contribution in [-0.4, -0.2) is 32.9 Å². The number of morpholine rings is 1. The first-order valence-corrected chi connectivity index (χ1v) is 6.88. The molecule has 1 aromatic carbocycles. The molecule has 19 heavy (non-hydrogen) atoms. The molecule has 1 saturated heterocycles. The highest BCUT2D eigenvalue weighted by Gasteiger charge is 2.24. The summed E-state index contributed by atoms with van der Waals surface area (Å²) < 4.78 is 10.9. The van der Waals surface area contributed by atoms with Gasteiger partial charge in [0.25, 0.3) is 0 Å². The van der Waals surface area contributed by atoms with Gasteiger partial charge in [-0.25, -0.2) is 0 Å². The summed E-state index contributed by atoms with van der Waals surface area (Å²) in [5.41, 5.74) is 8.73. The highest BCUT2D eigenvalue weighted by molar-refractivity contribution is 5.41. The second-order valence-electron chi connectivity index (χ2n) is 5.32. The molecule has 2 unspecified atom stereocenters. The van der Waals surface area contributed by atoms with Gasteiger partial charge in [-0.15, -0.1) is 0 Å². The molecule has 0 radical (unpaired) electrons. The van der Waals surface area contributed by atoms with E-state index in [-0.39, 0.29) is 12.1 Å². The Morgan fingerprint density at radius 2 is 2.21 bits per heavy atom. The molecule has 0 saturated carbocycles. The molecule has 4 nitrogen and oxygen atoms in total. The molecule has 0 bridgehead atoms. The van der Waals surface area contributed by atoms with Crippen molar-refractivity contribution < 1.29 is 9.47 Å². The van der Waals surface area contributed by atoms with Crippen LogP contribution in [-0.2, 0) is 4.74 Å². The van der Waals surface area contributed by atoms with Gasteiger partial charge >= 0.3 is 0 Å². The Hall–Kier alpha value is -1.10. The predicted octanol–water partition coefficient (Wildman–Crippen LogP) is 1.81. The third-order valence-corrected chi connectivity index (χ3v) is 3.66. The minimum absolute atomic E-state index is 0.117. The monoisotopic (exact) mass is 264 g/mol. The Labute approximate surface area is 115 Å². The van der Waals surface area contributed by atoms with Crippen molar-refractivity contribution in [3.63, 3.8) is 0 Å². The summed E-state index contributed by atoms with van der Waals surface area (Å²) in [6.45, 7) is 6.62. The lowest BCUT2D eigenvalue weighted by molar-refractivity contribution is 0.0682. The van der Waals surface area contributed by atoms with Crippen molar-refractivity contribution >= 4 is 0 Å². The van der Waals surface area contributed by atoms with E-state index in [2.05, 4.69) is 31.3 Å². The fourth-order valence-corrected chi connectivity index (χ4v) is 2.41. The van der Waals surface area contributed by atoms with Gasteiger partial charge in [0, 0.05) is 18.2 Å². The SMILES string of the molecule is COc1ccc(C(C)C)cc1C(N)C1COCCN1. The average Bonchev–Trinajstić information content (AvgIpc) is 2.46. The van der Waals surface area contributed by atoms with Crippen LogP contribution in [0.1, 0.15) is 36.9 Å².